The Bertz CT molecular complexity index is 392. The van der Waals surface area contributed by atoms with Crippen LogP contribution in [0.25, 0.3) is 0 Å². The maximum atomic E-state index is 4.33. The molecule has 0 spiro atoms. The number of nitrogens with one attached hydrogen (secondary N) is 1. The molecular weight excluding hydrogens is 276 g/mol. The van der Waals surface area contributed by atoms with Gasteiger partial charge in [0.25, 0.3) is 0 Å². The van der Waals surface area contributed by atoms with E-state index in [9.17, 15) is 0 Å². The van der Waals surface area contributed by atoms with Gasteiger partial charge in [-0.05, 0) is 65.6 Å². The van der Waals surface area contributed by atoms with Gasteiger partial charge in [0, 0.05) is 6.04 Å². The van der Waals surface area contributed by atoms with Gasteiger partial charge in [-0.3, -0.25) is 0 Å². The van der Waals surface area contributed by atoms with E-state index in [0.29, 0.717) is 6.04 Å². The summed E-state index contributed by atoms with van der Waals surface area (Å²) in [6, 6.07) is 2.78. The van der Waals surface area contributed by atoms with Crippen LogP contribution < -0.4 is 5.32 Å². The highest BCUT2D eigenvalue weighted by Gasteiger charge is 2.24. The van der Waals surface area contributed by atoms with Crippen molar-refractivity contribution in [3.63, 3.8) is 0 Å². The summed E-state index contributed by atoms with van der Waals surface area (Å²) in [5.41, 5.74) is 2.34. The first-order chi connectivity index (χ1) is 8.06. The van der Waals surface area contributed by atoms with E-state index >= 15 is 0 Å². The highest BCUT2D eigenvalue weighted by molar-refractivity contribution is 9.10. The Labute approximate surface area is 112 Å². The number of aromatic nitrogens is 1. The molecule has 94 valence electrons. The van der Waals surface area contributed by atoms with Crippen LogP contribution in [0.1, 0.15) is 38.7 Å². The molecule has 0 aliphatic heterocycles. The Morgan fingerprint density at radius 3 is 2.71 bits per heavy atom. The molecule has 2 rings (SSSR count). The van der Waals surface area contributed by atoms with Crippen LogP contribution in [0.15, 0.2) is 16.9 Å². The third kappa shape index (κ3) is 3.21. The fourth-order valence-corrected chi connectivity index (χ4v) is 2.77. The number of anilines is 1. The topological polar surface area (TPSA) is 24.9 Å². The summed E-state index contributed by atoms with van der Waals surface area (Å²) in [4.78, 5) is 4.33. The van der Waals surface area contributed by atoms with Gasteiger partial charge >= 0.3 is 0 Å². The van der Waals surface area contributed by atoms with Crippen LogP contribution in [0.4, 0.5) is 5.69 Å². The summed E-state index contributed by atoms with van der Waals surface area (Å²) in [5.74, 6) is 1.70. The van der Waals surface area contributed by atoms with Crippen LogP contribution in [0.3, 0.4) is 0 Å². The van der Waals surface area contributed by atoms with Crippen molar-refractivity contribution in [3.8, 4) is 0 Å². The van der Waals surface area contributed by atoms with Crippen molar-refractivity contribution in [2.75, 3.05) is 5.32 Å². The first-order valence-corrected chi connectivity index (χ1v) is 7.24. The molecule has 1 N–H and O–H groups in total. The summed E-state index contributed by atoms with van der Waals surface area (Å²) in [6.07, 6.45) is 5.80. The van der Waals surface area contributed by atoms with E-state index in [1.54, 1.807) is 0 Å². The van der Waals surface area contributed by atoms with E-state index in [4.69, 9.17) is 0 Å². The van der Waals surface area contributed by atoms with Gasteiger partial charge in [-0.25, -0.2) is 4.98 Å². The summed E-state index contributed by atoms with van der Waals surface area (Å²) < 4.78 is 0.939. The van der Waals surface area contributed by atoms with Crippen molar-refractivity contribution in [1.82, 2.24) is 4.98 Å². The average Bonchev–Trinajstić information content (AvgIpc) is 2.29. The van der Waals surface area contributed by atoms with Crippen LogP contribution in [0.2, 0.25) is 0 Å². The fraction of sp³-hybridized carbons (Fsp3) is 0.643. The lowest BCUT2D eigenvalue weighted by Gasteiger charge is -2.33. The van der Waals surface area contributed by atoms with Crippen LogP contribution in [-0.4, -0.2) is 11.0 Å². The zero-order chi connectivity index (χ0) is 12.4. The summed E-state index contributed by atoms with van der Waals surface area (Å²) in [7, 11) is 0. The zero-order valence-corrected chi connectivity index (χ0v) is 12.4. The molecule has 0 radical (unpaired) electrons. The van der Waals surface area contributed by atoms with Gasteiger partial charge in [0.05, 0.1) is 11.9 Å². The van der Waals surface area contributed by atoms with Crippen molar-refractivity contribution in [2.24, 2.45) is 11.8 Å². The molecular formula is C14H21BrN2. The largest absolute Gasteiger partial charge is 0.381 e. The first-order valence-electron chi connectivity index (χ1n) is 6.45. The smallest absolute Gasteiger partial charge is 0.109 e. The molecule has 0 aromatic carbocycles. The van der Waals surface area contributed by atoms with E-state index in [1.807, 2.05) is 6.20 Å². The van der Waals surface area contributed by atoms with Gasteiger partial charge < -0.3 is 5.32 Å². The number of rotatable bonds is 2. The standard InChI is InChI=1S/C14H21BrN2/c1-9-4-5-12(6-10(9)2)17-13-7-11(3)14(15)16-8-13/h7-10,12,17H,4-6H2,1-3H3. The lowest BCUT2D eigenvalue weighted by Crippen LogP contribution is -2.30. The normalized spacial score (nSPS) is 29.1. The second kappa shape index (κ2) is 5.38. The van der Waals surface area contributed by atoms with E-state index < -0.39 is 0 Å². The maximum Gasteiger partial charge on any atom is 0.109 e. The zero-order valence-electron chi connectivity index (χ0n) is 10.8. The monoisotopic (exact) mass is 296 g/mol. The molecule has 0 bridgehead atoms. The molecule has 1 fully saturated rings. The van der Waals surface area contributed by atoms with Crippen molar-refractivity contribution in [3.05, 3.63) is 22.4 Å². The Balaban J connectivity index is 1.99. The molecule has 3 heteroatoms. The van der Waals surface area contributed by atoms with E-state index in [0.717, 1.165) is 22.1 Å². The molecule has 1 saturated carbocycles. The lowest BCUT2D eigenvalue weighted by molar-refractivity contribution is 0.261. The number of pyridine rings is 1. The van der Waals surface area contributed by atoms with Crippen molar-refractivity contribution < 1.29 is 0 Å². The highest BCUT2D eigenvalue weighted by atomic mass is 79.9. The molecule has 2 nitrogen and oxygen atoms in total. The Hall–Kier alpha value is -0.570. The molecule has 1 aromatic heterocycles. The molecule has 1 aliphatic carbocycles. The first kappa shape index (κ1) is 12.9. The fourth-order valence-electron chi connectivity index (χ4n) is 2.55. The van der Waals surface area contributed by atoms with Gasteiger partial charge in [0.15, 0.2) is 0 Å². The van der Waals surface area contributed by atoms with Crippen LogP contribution >= 0.6 is 15.9 Å². The Morgan fingerprint density at radius 2 is 2.06 bits per heavy atom. The van der Waals surface area contributed by atoms with Crippen molar-refractivity contribution in [2.45, 2.75) is 46.1 Å². The SMILES string of the molecule is Cc1cc(NC2CCC(C)C(C)C2)cnc1Br. The van der Waals surface area contributed by atoms with Gasteiger partial charge in [0.1, 0.15) is 4.60 Å². The molecule has 3 atom stereocenters. The van der Waals surface area contributed by atoms with Gasteiger partial charge in [-0.15, -0.1) is 0 Å². The lowest BCUT2D eigenvalue weighted by atomic mass is 9.79. The third-order valence-corrected chi connectivity index (χ3v) is 4.81. The Morgan fingerprint density at radius 1 is 1.29 bits per heavy atom. The average molecular weight is 297 g/mol. The highest BCUT2D eigenvalue weighted by Crippen LogP contribution is 2.31. The molecule has 1 aromatic rings. The minimum atomic E-state index is 0.614. The quantitative estimate of drug-likeness (QED) is 0.819. The number of halogens is 1. The van der Waals surface area contributed by atoms with Crippen LogP contribution in [-0.2, 0) is 0 Å². The third-order valence-electron chi connectivity index (χ3n) is 3.98. The second-order valence-electron chi connectivity index (χ2n) is 5.44. The Kier molecular flexibility index (Phi) is 4.08. The predicted molar refractivity (Wildman–Crippen MR) is 76.3 cm³/mol. The number of aryl methyl sites for hydroxylation is 1. The number of nitrogens with zero attached hydrogens (tertiary/aromatic N) is 1. The van der Waals surface area contributed by atoms with Crippen molar-refractivity contribution in [1.29, 1.82) is 0 Å². The number of hydrogen-bond acceptors (Lipinski definition) is 2. The molecule has 17 heavy (non-hydrogen) atoms. The summed E-state index contributed by atoms with van der Waals surface area (Å²) in [6.45, 7) is 6.81. The molecule has 3 unspecified atom stereocenters. The summed E-state index contributed by atoms with van der Waals surface area (Å²) in [5, 5.41) is 3.62. The van der Waals surface area contributed by atoms with Crippen LogP contribution in [0, 0.1) is 18.8 Å². The van der Waals surface area contributed by atoms with Gasteiger partial charge in [-0.1, -0.05) is 13.8 Å². The van der Waals surface area contributed by atoms with E-state index in [2.05, 4.69) is 53.1 Å². The van der Waals surface area contributed by atoms with E-state index in [-0.39, 0.29) is 0 Å². The molecule has 0 saturated heterocycles. The van der Waals surface area contributed by atoms with Crippen molar-refractivity contribution >= 4 is 21.6 Å². The minimum absolute atomic E-state index is 0.614. The minimum Gasteiger partial charge on any atom is -0.381 e. The number of hydrogen-bond donors (Lipinski definition) is 1. The van der Waals surface area contributed by atoms with Crippen LogP contribution in [0.5, 0.6) is 0 Å². The van der Waals surface area contributed by atoms with E-state index in [1.165, 1.54) is 24.8 Å². The van der Waals surface area contributed by atoms with Gasteiger partial charge in [0.2, 0.25) is 0 Å². The predicted octanol–water partition coefficient (Wildman–Crippen LogP) is 4.39. The summed E-state index contributed by atoms with van der Waals surface area (Å²) >= 11 is 3.43. The molecule has 1 aliphatic rings. The molecule has 1 heterocycles. The maximum absolute atomic E-state index is 4.33. The molecule has 0 amide bonds. The van der Waals surface area contributed by atoms with Gasteiger partial charge in [-0.2, -0.15) is 0 Å². The second-order valence-corrected chi connectivity index (χ2v) is 6.19.